The molecule has 0 saturated carbocycles. The smallest absolute Gasteiger partial charge is 0.330 e. The fourth-order valence-corrected chi connectivity index (χ4v) is 19.1. The molecule has 2 aromatic heterocycles. The number of aliphatic hydroxyl groups excluding tert-OH is 2. The van der Waals surface area contributed by atoms with Gasteiger partial charge in [0.2, 0.25) is 59.1 Å². The molecule has 1 aliphatic rings. The first-order valence-corrected chi connectivity index (χ1v) is 52.9. The molecule has 46 nitrogen and oxygen atoms in total. The number of H-pyrrole nitrogens is 1. The number of rotatable bonds is 79. The predicted octanol–water partition coefficient (Wildman–Crippen LogP) is -1.43. The lowest BCUT2D eigenvalue weighted by atomic mass is 9.86. The van der Waals surface area contributed by atoms with E-state index in [1.165, 1.54) is 68.6 Å². The number of amides is 10. The zero-order chi connectivity index (χ0) is 107. The Morgan fingerprint density at radius 2 is 1.09 bits per heavy atom. The van der Waals surface area contributed by atoms with Gasteiger partial charge in [0.1, 0.15) is 35.4 Å². The number of aromatic amines is 1. The van der Waals surface area contributed by atoms with Gasteiger partial charge in [-0.2, -0.15) is 11.8 Å². The number of carbonyl (C=O) groups excluding carboxylic acids is 19. The number of hydrogen-bond donors (Lipinski definition) is 19. The second-order valence-corrected chi connectivity index (χ2v) is 40.9. The van der Waals surface area contributed by atoms with E-state index < -0.39 is 254 Å². The second kappa shape index (κ2) is 68.9. The minimum atomic E-state index is -1.41. The highest BCUT2D eigenvalue weighted by molar-refractivity contribution is 8.76. The first kappa shape index (κ1) is 124. The highest BCUT2D eigenvalue weighted by atomic mass is 33.1. The van der Waals surface area contributed by atoms with Gasteiger partial charge in [0.05, 0.1) is 76.7 Å². The van der Waals surface area contributed by atoms with E-state index in [-0.39, 0.29) is 191 Å². The number of primary amides is 1. The van der Waals surface area contributed by atoms with Crippen LogP contribution < -0.4 is 88.4 Å². The number of aliphatic imine (C=N–C) groups is 2. The van der Waals surface area contributed by atoms with Crippen molar-refractivity contribution in [3.05, 3.63) is 30.1 Å². The van der Waals surface area contributed by atoms with Crippen molar-refractivity contribution in [2.75, 3.05) is 88.7 Å². The summed E-state index contributed by atoms with van der Waals surface area (Å²) in [7, 11) is 2.12. The molecule has 3 heterocycles. The molecular weight excluding hydrogens is 1920 g/mol. The summed E-state index contributed by atoms with van der Waals surface area (Å²) in [6.45, 7) is 11.0. The highest BCUT2D eigenvalue weighted by Crippen LogP contribution is 2.31. The van der Waals surface area contributed by atoms with E-state index >= 15 is 0 Å². The van der Waals surface area contributed by atoms with E-state index in [9.17, 15) is 101 Å². The number of Topliss-reactive ketones (excluding diaryl/α,β-unsaturated/α-hetero) is 8. The highest BCUT2D eigenvalue weighted by Gasteiger charge is 2.42. The van der Waals surface area contributed by atoms with Gasteiger partial charge in [0.25, 0.3) is 0 Å². The molecule has 798 valence electrons. The second-order valence-electron chi connectivity index (χ2n) is 37.0. The number of nitrogens with one attached hydrogen (secondary N) is 9. The van der Waals surface area contributed by atoms with Crippen LogP contribution in [-0.4, -0.2) is 296 Å². The normalized spacial score (nSPS) is 15.6. The average molecular weight is 2080 g/mol. The van der Waals surface area contributed by atoms with Gasteiger partial charge in [-0.25, -0.2) is 14.5 Å². The molecule has 16 atom stereocenters. The molecule has 27 N–H and O–H groups in total. The molecule has 1 aliphatic heterocycles. The maximum Gasteiger partial charge on any atom is 0.330 e. The SMILES string of the molecule is [2H]PCC(=O)NCc1cn(COC(=O)C(Cc2cnc[nH]2)NC(=O)C(CCCN=C(N)N)CC(=O)C(CCCN=C(N)N)NC(=O)C(CC(=O)C(NC(=O)C(CCCCN)CC(=O)C(C)CSSCC(CC(=O)CNC(=O)C(CO)CC(=O)CNC(=O)C(CCC(N)=O)CC(=O)C(NC(=O)C(CCSC)CC(=O)C(CCCCN)NC(=O)C2CCCN2C(=O)C(N)CO)C(C)C)C(C)=O)C(C)C)CC(C)C)nn1. The lowest BCUT2D eigenvalue weighted by Crippen LogP contribution is -2.54. The summed E-state index contributed by atoms with van der Waals surface area (Å²) in [5.41, 5.74) is 46.2. The Bertz CT molecular complexity index is 4510. The predicted molar refractivity (Wildman–Crippen MR) is 540 cm³/mol. The van der Waals surface area contributed by atoms with Gasteiger partial charge in [-0.1, -0.05) is 81.7 Å². The Hall–Kier alpha value is -10.3. The summed E-state index contributed by atoms with van der Waals surface area (Å²) in [6.07, 6.45) is 5.99. The van der Waals surface area contributed by atoms with E-state index in [0.717, 1.165) is 0 Å². The van der Waals surface area contributed by atoms with Crippen LogP contribution in [0.5, 0.6) is 0 Å². The molecule has 0 aromatic carbocycles. The summed E-state index contributed by atoms with van der Waals surface area (Å²) in [5, 5.41) is 49.2. The molecule has 2 aromatic rings. The largest absolute Gasteiger partial charge is 0.441 e. The number of thioether (sulfide) groups is 1. The lowest BCUT2D eigenvalue weighted by Gasteiger charge is -2.29. The first-order chi connectivity index (χ1) is 67.8. The number of nitrogens with two attached hydrogens (primary N) is 8. The number of aromatic nitrogens is 5. The standard InChI is InChI=1S/C92H155N24O22PS3/c1-52(2)31-61(87(134)108-70(20-15-28-103-92(99)100)74(123)35-58(18-14-27-102-91(97)98)84(131)110-71(39-64-40-101-50-107-64)90(137)138-51-115-44-65(113-114-115)41-104-79(128)47-139)38-77(126)81(54(5)6)111-85(132)57(17-10-12-25-93)34-73(122)55(7)48-141-142-49-63(56(8)119)33-67(121)43-106-83(130)62(45-117)32-66(120)42-105-82(129)59(22-23-78(96)127)37-76(125)80(53(3)4)112-86(133)60(24-30-140-9)36-75(124)69(19-11-13-26-94)109-88(135)72-21-16-29-116(72)89(136)68(95)46-118/h40,44,50,52-55,57-63,68-72,80-81,117-118H,10-39,41-43,45-49,51,93-95,139H2,1-9H3,(H2,96,127)(H,101,107)(H,104,128)(H,105,129)(H,106,130)(H,108,134)(H,109,135)(H,110,131)(H,111,132)(H,112,133)(H4,97,98,102)(H4,99,100,103)/i139D. The van der Waals surface area contributed by atoms with E-state index in [1.54, 1.807) is 40.9 Å². The third kappa shape index (κ3) is 48.9. The van der Waals surface area contributed by atoms with Gasteiger partial charge in [-0.15, -0.1) is 14.3 Å². The van der Waals surface area contributed by atoms with E-state index in [1.807, 2.05) is 13.8 Å². The van der Waals surface area contributed by atoms with Crippen molar-refractivity contribution in [1.82, 2.24) is 72.4 Å². The summed E-state index contributed by atoms with van der Waals surface area (Å²) in [6, 6.07) is -8.32. The Labute approximate surface area is 845 Å². The van der Waals surface area contributed by atoms with Gasteiger partial charge in [-0.3, -0.25) is 96.3 Å². The van der Waals surface area contributed by atoms with E-state index in [0.29, 0.717) is 55.8 Å². The van der Waals surface area contributed by atoms with Gasteiger partial charge in [0, 0.05) is 148 Å². The Balaban J connectivity index is 1.69. The number of esters is 1. The topological polar surface area (TPSA) is 766 Å². The molecule has 0 bridgehead atoms. The maximum atomic E-state index is 14.8. The van der Waals surface area contributed by atoms with E-state index in [2.05, 4.69) is 72.8 Å². The number of ketones is 8. The van der Waals surface area contributed by atoms with Crippen molar-refractivity contribution >= 4 is 166 Å². The number of likely N-dealkylation sites (tertiary alicyclic amines) is 1. The van der Waals surface area contributed by atoms with Crippen LogP contribution in [0, 0.1) is 65.1 Å². The molecule has 0 spiro atoms. The summed E-state index contributed by atoms with van der Waals surface area (Å²) < 4.78 is 14.1. The van der Waals surface area contributed by atoms with Crippen molar-refractivity contribution in [2.24, 2.45) is 121 Å². The lowest BCUT2D eigenvalue weighted by molar-refractivity contribution is -0.152. The molecule has 1 fully saturated rings. The number of aliphatic hydroxyl groups is 2. The fourth-order valence-electron chi connectivity index (χ4n) is 15.7. The van der Waals surface area contributed by atoms with Crippen LogP contribution in [0.3, 0.4) is 0 Å². The van der Waals surface area contributed by atoms with E-state index in [4.69, 9.17) is 51.9 Å². The van der Waals surface area contributed by atoms with Crippen LogP contribution in [0.4, 0.5) is 0 Å². The van der Waals surface area contributed by atoms with Crippen LogP contribution >= 0.6 is 42.5 Å². The number of ether oxygens (including phenoxy) is 1. The zero-order valence-corrected chi connectivity index (χ0v) is 86.7. The summed E-state index contributed by atoms with van der Waals surface area (Å²) in [5.74, 6) is -21.3. The fraction of sp³-hybridized carbons (Fsp3) is 0.717. The quantitative estimate of drug-likeness (QED) is 0.00902. The molecular formula is C92H155N24O22PS3. The minimum Gasteiger partial charge on any atom is -0.441 e. The summed E-state index contributed by atoms with van der Waals surface area (Å²) >= 11 is 1.40. The van der Waals surface area contributed by atoms with Gasteiger partial charge in [-0.05, 0) is 140 Å². The number of unbranched alkanes of at least 4 members (excludes halogenated alkanes) is 2. The number of imidazole rings is 1. The Morgan fingerprint density at radius 1 is 0.585 bits per heavy atom. The monoisotopic (exact) mass is 2080 g/mol. The van der Waals surface area contributed by atoms with Crippen molar-refractivity contribution in [2.45, 2.75) is 265 Å². The number of carbonyl (C=O) groups is 19. The number of hydrogen-bond acceptors (Lipinski definition) is 33. The van der Waals surface area contributed by atoms with Crippen LogP contribution in [0.15, 0.2) is 28.7 Å². The molecule has 16 unspecified atom stereocenters. The number of nitrogens with zero attached hydrogens (tertiary/aromatic N) is 7. The van der Waals surface area contributed by atoms with Crippen molar-refractivity contribution in [3.63, 3.8) is 0 Å². The Morgan fingerprint density at radius 3 is 1.63 bits per heavy atom. The van der Waals surface area contributed by atoms with Gasteiger partial charge < -0.3 is 113 Å². The third-order valence-electron chi connectivity index (χ3n) is 23.9. The van der Waals surface area contributed by atoms with Crippen LogP contribution in [0.2, 0.25) is 0 Å². The van der Waals surface area contributed by atoms with Crippen molar-refractivity contribution < 1.29 is 106 Å². The summed E-state index contributed by atoms with van der Waals surface area (Å²) in [4.78, 5) is 278. The molecule has 0 radical (unpaired) electrons. The minimum absolute atomic E-state index is 0.00102. The first-order valence-electron chi connectivity index (χ1n) is 48.8. The van der Waals surface area contributed by atoms with Crippen molar-refractivity contribution in [1.29, 1.82) is 1.28 Å². The molecule has 3 rings (SSSR count). The maximum absolute atomic E-state index is 14.8. The van der Waals surface area contributed by atoms with Crippen LogP contribution in [-0.2, 0) is 116 Å². The van der Waals surface area contributed by atoms with Gasteiger partial charge >= 0.3 is 5.97 Å². The third-order valence-corrected chi connectivity index (χ3v) is 27.6. The van der Waals surface area contributed by atoms with Crippen LogP contribution in [0.25, 0.3) is 0 Å². The Kier molecular flexibility index (Phi) is 60.1. The molecule has 0 aliphatic carbocycles. The molecule has 1 saturated heterocycles. The van der Waals surface area contributed by atoms with Crippen molar-refractivity contribution in [3.8, 4) is 0 Å². The van der Waals surface area contributed by atoms with Crippen LogP contribution in [0.1, 0.15) is 214 Å². The molecule has 50 heteroatoms. The number of guanidine groups is 2. The zero-order valence-electron chi connectivity index (χ0n) is 84.2. The van der Waals surface area contributed by atoms with Gasteiger partial charge in [0.15, 0.2) is 53.3 Å². The molecule has 10 amide bonds. The average Bonchev–Trinajstić information content (AvgIpc) is 1.82. The molecule has 142 heavy (non-hydrogen) atoms.